The molecule has 1 unspecified atom stereocenters. The van der Waals surface area contributed by atoms with Gasteiger partial charge in [-0.2, -0.15) is 0 Å². The van der Waals surface area contributed by atoms with Crippen LogP contribution >= 0.6 is 0 Å². The lowest BCUT2D eigenvalue weighted by molar-refractivity contribution is -0.139. The molecule has 0 radical (unpaired) electrons. The van der Waals surface area contributed by atoms with Gasteiger partial charge in [0.1, 0.15) is 11.6 Å². The predicted molar refractivity (Wildman–Crippen MR) is 80.6 cm³/mol. The minimum atomic E-state index is -1.12. The van der Waals surface area contributed by atoms with E-state index in [2.05, 4.69) is 11.9 Å². The highest BCUT2D eigenvalue weighted by Gasteiger charge is 2.25. The Hall–Kier alpha value is -1.60. The van der Waals surface area contributed by atoms with Gasteiger partial charge in [0, 0.05) is 0 Å². The summed E-state index contributed by atoms with van der Waals surface area (Å²) in [5.74, 6) is -1.12. The number of carbonyl (C=O) groups is 2. The van der Waals surface area contributed by atoms with Gasteiger partial charge in [-0.25, -0.2) is 9.59 Å². The van der Waals surface area contributed by atoms with Crippen LogP contribution in [0.5, 0.6) is 0 Å². The molecular formula is C14H27N3O4. The number of hydrogen-bond donors (Lipinski definition) is 4. The van der Waals surface area contributed by atoms with Crippen molar-refractivity contribution in [2.45, 2.75) is 63.8 Å². The highest BCUT2D eigenvalue weighted by Crippen LogP contribution is 2.12. The fraction of sp³-hybridized carbons (Fsp3) is 0.714. The van der Waals surface area contributed by atoms with Crippen molar-refractivity contribution in [2.24, 2.45) is 11.5 Å². The first-order chi connectivity index (χ1) is 9.47. The molecule has 0 saturated heterocycles. The number of carbonyl (C=O) groups excluding carboxylic acids is 1. The molecular weight excluding hydrogens is 274 g/mol. The highest BCUT2D eigenvalue weighted by atomic mass is 16.6. The summed E-state index contributed by atoms with van der Waals surface area (Å²) in [7, 11) is 0. The Morgan fingerprint density at radius 3 is 2.38 bits per heavy atom. The lowest BCUT2D eigenvalue weighted by Gasteiger charge is -2.24. The second-order valence-corrected chi connectivity index (χ2v) is 6.16. The quantitative estimate of drug-likeness (QED) is 0.395. The Morgan fingerprint density at radius 1 is 1.38 bits per heavy atom. The maximum Gasteiger partial charge on any atom is 0.408 e. The molecule has 6 N–H and O–H groups in total. The summed E-state index contributed by atoms with van der Waals surface area (Å²) in [5, 5.41) is 11.4. The van der Waals surface area contributed by atoms with E-state index in [0.717, 1.165) is 0 Å². The van der Waals surface area contributed by atoms with E-state index in [9.17, 15) is 9.59 Å². The van der Waals surface area contributed by atoms with Crippen LogP contribution < -0.4 is 16.8 Å². The molecule has 1 amide bonds. The molecule has 21 heavy (non-hydrogen) atoms. The van der Waals surface area contributed by atoms with E-state index in [1.807, 2.05) is 0 Å². The number of carboxylic acid groups (broad SMARTS) is 1. The molecule has 0 bridgehead atoms. The summed E-state index contributed by atoms with van der Waals surface area (Å²) in [6, 6.07) is -1.03. The van der Waals surface area contributed by atoms with Crippen molar-refractivity contribution in [1.29, 1.82) is 0 Å². The van der Waals surface area contributed by atoms with Gasteiger partial charge < -0.3 is 26.6 Å². The lowest BCUT2D eigenvalue weighted by Crippen LogP contribution is -2.49. The SMILES string of the molecule is C=CCC(N)(N)CCCC(NC(=O)OC(C)(C)C)C(=O)O. The Kier molecular flexibility index (Phi) is 7.38. The number of amides is 1. The molecule has 0 saturated carbocycles. The van der Waals surface area contributed by atoms with Crippen molar-refractivity contribution in [2.75, 3.05) is 0 Å². The zero-order valence-corrected chi connectivity index (χ0v) is 13.0. The third kappa shape index (κ3) is 9.86. The Morgan fingerprint density at radius 2 is 1.95 bits per heavy atom. The molecule has 0 fully saturated rings. The van der Waals surface area contributed by atoms with Gasteiger partial charge in [-0.3, -0.25) is 0 Å². The Balaban J connectivity index is 4.36. The topological polar surface area (TPSA) is 128 Å². The average molecular weight is 301 g/mol. The van der Waals surface area contributed by atoms with Gasteiger partial charge in [0.05, 0.1) is 5.66 Å². The van der Waals surface area contributed by atoms with Crippen molar-refractivity contribution in [3.8, 4) is 0 Å². The molecule has 0 aromatic rings. The molecule has 0 heterocycles. The van der Waals surface area contributed by atoms with Gasteiger partial charge in [-0.15, -0.1) is 6.58 Å². The van der Waals surface area contributed by atoms with Crippen LogP contribution in [0.2, 0.25) is 0 Å². The summed E-state index contributed by atoms with van der Waals surface area (Å²) in [5.41, 5.74) is 10.1. The summed E-state index contributed by atoms with van der Waals surface area (Å²) in [4.78, 5) is 22.7. The van der Waals surface area contributed by atoms with Crippen LogP contribution in [0.4, 0.5) is 4.79 Å². The van der Waals surface area contributed by atoms with E-state index in [4.69, 9.17) is 21.3 Å². The molecule has 7 nitrogen and oxygen atoms in total. The van der Waals surface area contributed by atoms with E-state index in [1.54, 1.807) is 26.8 Å². The van der Waals surface area contributed by atoms with Crippen molar-refractivity contribution in [1.82, 2.24) is 5.32 Å². The summed E-state index contributed by atoms with van der Waals surface area (Å²) in [6.45, 7) is 8.67. The fourth-order valence-corrected chi connectivity index (χ4v) is 1.71. The first kappa shape index (κ1) is 19.4. The zero-order valence-electron chi connectivity index (χ0n) is 13.0. The van der Waals surface area contributed by atoms with Gasteiger partial charge in [-0.1, -0.05) is 6.08 Å². The van der Waals surface area contributed by atoms with Gasteiger partial charge in [0.25, 0.3) is 0 Å². The molecule has 122 valence electrons. The summed E-state index contributed by atoms with van der Waals surface area (Å²) < 4.78 is 5.03. The number of hydrogen-bond acceptors (Lipinski definition) is 5. The van der Waals surface area contributed by atoms with E-state index < -0.39 is 29.4 Å². The number of ether oxygens (including phenoxy) is 1. The maximum absolute atomic E-state index is 11.6. The Labute approximate surface area is 125 Å². The Bertz CT molecular complexity index is 375. The molecule has 0 aliphatic heterocycles. The lowest BCUT2D eigenvalue weighted by atomic mass is 9.98. The van der Waals surface area contributed by atoms with Crippen LogP contribution in [0.3, 0.4) is 0 Å². The van der Waals surface area contributed by atoms with Crippen LogP contribution in [-0.2, 0) is 9.53 Å². The fourth-order valence-electron chi connectivity index (χ4n) is 1.71. The number of carboxylic acids is 1. The molecule has 0 rings (SSSR count). The number of nitrogens with one attached hydrogen (secondary N) is 1. The molecule has 0 spiro atoms. The molecule has 1 atom stereocenters. The van der Waals surface area contributed by atoms with Crippen LogP contribution in [-0.4, -0.2) is 34.5 Å². The molecule has 0 aliphatic rings. The minimum absolute atomic E-state index is 0.224. The van der Waals surface area contributed by atoms with Crippen LogP contribution in [0.25, 0.3) is 0 Å². The first-order valence-corrected chi connectivity index (χ1v) is 6.88. The van der Waals surface area contributed by atoms with E-state index >= 15 is 0 Å². The number of rotatable bonds is 8. The second-order valence-electron chi connectivity index (χ2n) is 6.16. The van der Waals surface area contributed by atoms with Crippen LogP contribution in [0.1, 0.15) is 46.5 Å². The summed E-state index contributed by atoms with van der Waals surface area (Å²) >= 11 is 0. The average Bonchev–Trinajstić information content (AvgIpc) is 2.24. The molecule has 7 heteroatoms. The molecule has 0 aromatic heterocycles. The largest absolute Gasteiger partial charge is 0.480 e. The standard InChI is InChI=1S/C14H27N3O4/c1-5-8-14(15,16)9-6-7-10(11(18)19)17-12(20)21-13(2,3)4/h5,10H,1,6-9,15-16H2,2-4H3,(H,17,20)(H,18,19). The van der Waals surface area contributed by atoms with Crippen molar-refractivity contribution in [3.05, 3.63) is 12.7 Å². The van der Waals surface area contributed by atoms with Crippen molar-refractivity contribution >= 4 is 12.1 Å². The first-order valence-electron chi connectivity index (χ1n) is 6.88. The van der Waals surface area contributed by atoms with Gasteiger partial charge in [-0.05, 0) is 46.5 Å². The third-order valence-electron chi connectivity index (χ3n) is 2.65. The smallest absolute Gasteiger partial charge is 0.408 e. The van der Waals surface area contributed by atoms with Gasteiger partial charge >= 0.3 is 12.1 Å². The van der Waals surface area contributed by atoms with Crippen molar-refractivity contribution in [3.63, 3.8) is 0 Å². The van der Waals surface area contributed by atoms with Crippen LogP contribution in [0, 0.1) is 0 Å². The third-order valence-corrected chi connectivity index (χ3v) is 2.65. The molecule has 0 aromatic carbocycles. The maximum atomic E-state index is 11.6. The van der Waals surface area contributed by atoms with Crippen LogP contribution in [0.15, 0.2) is 12.7 Å². The van der Waals surface area contributed by atoms with Crippen molar-refractivity contribution < 1.29 is 19.4 Å². The number of nitrogens with two attached hydrogens (primary N) is 2. The van der Waals surface area contributed by atoms with Gasteiger partial charge in [0.2, 0.25) is 0 Å². The predicted octanol–water partition coefficient (Wildman–Crippen LogP) is 1.32. The summed E-state index contributed by atoms with van der Waals surface area (Å²) in [6.07, 6.45) is 2.42. The highest BCUT2D eigenvalue weighted by molar-refractivity contribution is 5.79. The van der Waals surface area contributed by atoms with E-state index in [-0.39, 0.29) is 6.42 Å². The molecule has 0 aliphatic carbocycles. The normalized spacial score (nSPS) is 13.4. The van der Waals surface area contributed by atoms with E-state index in [0.29, 0.717) is 19.3 Å². The zero-order chi connectivity index (χ0) is 16.7. The second kappa shape index (κ2) is 7.99. The number of aliphatic carboxylic acids is 1. The van der Waals surface area contributed by atoms with Gasteiger partial charge in [0.15, 0.2) is 0 Å². The minimum Gasteiger partial charge on any atom is -0.480 e. The van der Waals surface area contributed by atoms with E-state index in [1.165, 1.54) is 0 Å². The number of alkyl carbamates (subject to hydrolysis) is 1. The monoisotopic (exact) mass is 301 g/mol.